The smallest absolute Gasteiger partial charge is 0.326 e. The summed E-state index contributed by atoms with van der Waals surface area (Å²) in [7, 11) is 1.62. The maximum Gasteiger partial charge on any atom is 0.326 e. The molecule has 0 aliphatic rings. The molecule has 20 heavy (non-hydrogen) atoms. The molecular weight excluding hydrogens is 299 g/mol. The van der Waals surface area contributed by atoms with Crippen molar-refractivity contribution in [2.24, 2.45) is 0 Å². The van der Waals surface area contributed by atoms with Gasteiger partial charge in [0, 0.05) is 18.4 Å². The minimum atomic E-state index is -0.325. The van der Waals surface area contributed by atoms with E-state index in [4.69, 9.17) is 23.2 Å². The Morgan fingerprint density at radius 1 is 1.10 bits per heavy atom. The molecule has 2 aromatic rings. The van der Waals surface area contributed by atoms with Crippen molar-refractivity contribution < 1.29 is 9.90 Å². The second kappa shape index (κ2) is 6.03. The second-order valence-corrected chi connectivity index (χ2v) is 4.95. The number of phenolic OH excluding ortho intramolecular Hbond substituents is 1. The van der Waals surface area contributed by atoms with Gasteiger partial charge in [0.2, 0.25) is 0 Å². The number of urea groups is 1. The number of nitrogens with zero attached hydrogens (tertiary/aromatic N) is 1. The summed E-state index contributed by atoms with van der Waals surface area (Å²) >= 11 is 11.7. The first-order valence-corrected chi connectivity index (χ1v) is 6.52. The summed E-state index contributed by atoms with van der Waals surface area (Å²) in [6.07, 6.45) is 0. The molecule has 2 N–H and O–H groups in total. The maximum absolute atomic E-state index is 12.1. The molecule has 0 aromatic heterocycles. The highest BCUT2D eigenvalue weighted by molar-refractivity contribution is 6.42. The lowest BCUT2D eigenvalue weighted by atomic mass is 10.3. The van der Waals surface area contributed by atoms with Crippen LogP contribution in [0.3, 0.4) is 0 Å². The summed E-state index contributed by atoms with van der Waals surface area (Å²) in [4.78, 5) is 13.5. The van der Waals surface area contributed by atoms with Crippen molar-refractivity contribution in [1.82, 2.24) is 0 Å². The summed E-state index contributed by atoms with van der Waals surface area (Å²) in [5, 5.41) is 12.7. The number of halogens is 2. The second-order valence-electron chi connectivity index (χ2n) is 4.13. The van der Waals surface area contributed by atoms with Crippen LogP contribution in [0.25, 0.3) is 0 Å². The minimum Gasteiger partial charge on any atom is -0.508 e. The van der Waals surface area contributed by atoms with Crippen LogP contribution in [0.5, 0.6) is 5.75 Å². The van der Waals surface area contributed by atoms with Gasteiger partial charge in [-0.1, -0.05) is 23.2 Å². The Morgan fingerprint density at radius 2 is 1.75 bits per heavy atom. The van der Waals surface area contributed by atoms with Gasteiger partial charge >= 0.3 is 6.03 Å². The average Bonchev–Trinajstić information content (AvgIpc) is 2.43. The van der Waals surface area contributed by atoms with Crippen molar-refractivity contribution in [3.63, 3.8) is 0 Å². The number of amides is 2. The van der Waals surface area contributed by atoms with E-state index < -0.39 is 0 Å². The van der Waals surface area contributed by atoms with Gasteiger partial charge in [-0.25, -0.2) is 4.79 Å². The zero-order chi connectivity index (χ0) is 14.7. The molecule has 4 nitrogen and oxygen atoms in total. The molecule has 0 saturated heterocycles. The van der Waals surface area contributed by atoms with E-state index >= 15 is 0 Å². The van der Waals surface area contributed by atoms with Crippen LogP contribution in [-0.4, -0.2) is 18.2 Å². The predicted molar refractivity (Wildman–Crippen MR) is 82.0 cm³/mol. The number of rotatable bonds is 2. The summed E-state index contributed by atoms with van der Waals surface area (Å²) in [6, 6.07) is 10.8. The highest BCUT2D eigenvalue weighted by Gasteiger charge is 2.11. The van der Waals surface area contributed by atoms with Gasteiger partial charge in [-0.3, -0.25) is 4.90 Å². The number of aromatic hydroxyl groups is 1. The number of benzene rings is 2. The van der Waals surface area contributed by atoms with Crippen LogP contribution < -0.4 is 10.2 Å². The number of hydrogen-bond acceptors (Lipinski definition) is 2. The van der Waals surface area contributed by atoms with E-state index in [0.29, 0.717) is 21.4 Å². The summed E-state index contributed by atoms with van der Waals surface area (Å²) in [6.45, 7) is 0. The third-order valence-corrected chi connectivity index (χ3v) is 3.45. The van der Waals surface area contributed by atoms with E-state index in [9.17, 15) is 9.90 Å². The molecule has 0 saturated carbocycles. The maximum atomic E-state index is 12.1. The summed E-state index contributed by atoms with van der Waals surface area (Å²) in [5.74, 6) is 0.145. The summed E-state index contributed by atoms with van der Waals surface area (Å²) in [5.41, 5.74) is 1.20. The van der Waals surface area contributed by atoms with Gasteiger partial charge in [-0.05, 0) is 42.5 Å². The van der Waals surface area contributed by atoms with Gasteiger partial charge in [0.1, 0.15) is 5.75 Å². The fraction of sp³-hybridized carbons (Fsp3) is 0.0714. The first-order chi connectivity index (χ1) is 9.47. The lowest BCUT2D eigenvalue weighted by Gasteiger charge is -2.18. The van der Waals surface area contributed by atoms with E-state index in [1.807, 2.05) is 0 Å². The molecular formula is C14H12Cl2N2O2. The number of phenols is 1. The Bertz CT molecular complexity index is 630. The van der Waals surface area contributed by atoms with E-state index in [-0.39, 0.29) is 11.8 Å². The van der Waals surface area contributed by atoms with E-state index in [2.05, 4.69) is 5.32 Å². The normalized spacial score (nSPS) is 10.2. The molecule has 104 valence electrons. The van der Waals surface area contributed by atoms with Crippen LogP contribution in [0.4, 0.5) is 16.2 Å². The number of carbonyl (C=O) groups is 1. The lowest BCUT2D eigenvalue weighted by Crippen LogP contribution is -2.31. The molecule has 2 amide bonds. The van der Waals surface area contributed by atoms with Crippen molar-refractivity contribution in [1.29, 1.82) is 0 Å². The molecule has 0 heterocycles. The molecule has 0 bridgehead atoms. The van der Waals surface area contributed by atoms with Crippen molar-refractivity contribution in [3.05, 3.63) is 52.5 Å². The topological polar surface area (TPSA) is 52.6 Å². The van der Waals surface area contributed by atoms with E-state index in [0.717, 1.165) is 0 Å². The first kappa shape index (κ1) is 14.5. The molecule has 2 aromatic carbocycles. The third-order valence-electron chi connectivity index (χ3n) is 2.71. The Hall–Kier alpha value is -1.91. The SMILES string of the molecule is CN(C(=O)Nc1ccc(Cl)c(Cl)c1)c1ccc(O)cc1. The van der Waals surface area contributed by atoms with Crippen LogP contribution in [0.15, 0.2) is 42.5 Å². The molecule has 0 aliphatic carbocycles. The Balaban J connectivity index is 2.11. The monoisotopic (exact) mass is 310 g/mol. The van der Waals surface area contributed by atoms with Crippen LogP contribution in [0.1, 0.15) is 0 Å². The Labute approximate surface area is 126 Å². The van der Waals surface area contributed by atoms with Gasteiger partial charge in [0.15, 0.2) is 0 Å². The van der Waals surface area contributed by atoms with Crippen LogP contribution in [0, 0.1) is 0 Å². The molecule has 0 fully saturated rings. The van der Waals surface area contributed by atoms with Crippen LogP contribution >= 0.6 is 23.2 Å². The zero-order valence-corrected chi connectivity index (χ0v) is 12.1. The largest absolute Gasteiger partial charge is 0.508 e. The number of hydrogen-bond donors (Lipinski definition) is 2. The van der Waals surface area contributed by atoms with Gasteiger partial charge < -0.3 is 10.4 Å². The zero-order valence-electron chi connectivity index (χ0n) is 10.6. The Kier molecular flexibility index (Phi) is 4.37. The fourth-order valence-electron chi connectivity index (χ4n) is 1.57. The minimum absolute atomic E-state index is 0.145. The van der Waals surface area contributed by atoms with Crippen molar-refractivity contribution >= 4 is 40.6 Å². The summed E-state index contributed by atoms with van der Waals surface area (Å²) < 4.78 is 0. The average molecular weight is 311 g/mol. The fourth-order valence-corrected chi connectivity index (χ4v) is 1.87. The number of anilines is 2. The van der Waals surface area contributed by atoms with Gasteiger partial charge in [-0.15, -0.1) is 0 Å². The van der Waals surface area contributed by atoms with E-state index in [1.54, 1.807) is 37.4 Å². The van der Waals surface area contributed by atoms with Gasteiger partial charge in [0.05, 0.1) is 10.0 Å². The van der Waals surface area contributed by atoms with E-state index in [1.165, 1.54) is 17.0 Å². The number of nitrogens with one attached hydrogen (secondary N) is 1. The van der Waals surface area contributed by atoms with Crippen LogP contribution in [0.2, 0.25) is 10.0 Å². The number of carbonyl (C=O) groups excluding carboxylic acids is 1. The van der Waals surface area contributed by atoms with Crippen LogP contribution in [-0.2, 0) is 0 Å². The third kappa shape index (κ3) is 3.35. The van der Waals surface area contributed by atoms with Crippen molar-refractivity contribution in [2.45, 2.75) is 0 Å². The molecule has 0 aliphatic heterocycles. The highest BCUT2D eigenvalue weighted by atomic mass is 35.5. The first-order valence-electron chi connectivity index (χ1n) is 5.76. The lowest BCUT2D eigenvalue weighted by molar-refractivity contribution is 0.258. The van der Waals surface area contributed by atoms with Crippen molar-refractivity contribution in [2.75, 3.05) is 17.3 Å². The van der Waals surface area contributed by atoms with Gasteiger partial charge in [0.25, 0.3) is 0 Å². The molecule has 6 heteroatoms. The quantitative estimate of drug-likeness (QED) is 0.865. The molecule has 0 unspecified atom stereocenters. The highest BCUT2D eigenvalue weighted by Crippen LogP contribution is 2.25. The molecule has 2 rings (SSSR count). The predicted octanol–water partition coefficient (Wildman–Crippen LogP) is 4.37. The molecule has 0 spiro atoms. The Morgan fingerprint density at radius 3 is 2.35 bits per heavy atom. The standard InChI is InChI=1S/C14H12Cl2N2O2/c1-18(10-3-5-11(19)6-4-10)14(20)17-9-2-7-12(15)13(16)8-9/h2-8,19H,1H3,(H,17,20). The molecule has 0 atom stereocenters. The van der Waals surface area contributed by atoms with Crippen molar-refractivity contribution in [3.8, 4) is 5.75 Å². The van der Waals surface area contributed by atoms with Gasteiger partial charge in [-0.2, -0.15) is 0 Å². The molecule has 0 radical (unpaired) electrons.